The Morgan fingerprint density at radius 1 is 0.523 bits per heavy atom. The Hall–Kier alpha value is -2.94. The Kier molecular flexibility index (Phi) is 21.9. The SMILES string of the molecule is COC(C)(C)C/C=C/C(C)=C/C=C/C(C)=C/CC/C(C)=C/C=C\C=C(C)\C=C\C=C(C)\C=C\C=C(/C)CCCC(C)(C)OC. The molecule has 0 radical (unpaired) electrons. The maximum atomic E-state index is 5.50. The normalized spacial score (nSPS) is 15.9. The lowest BCUT2D eigenvalue weighted by Gasteiger charge is -2.22. The molecule has 0 aliphatic carbocycles. The largest absolute Gasteiger partial charge is 0.379 e. The van der Waals surface area contributed by atoms with Gasteiger partial charge < -0.3 is 9.47 Å². The summed E-state index contributed by atoms with van der Waals surface area (Å²) in [4.78, 5) is 0. The minimum atomic E-state index is -0.114. The van der Waals surface area contributed by atoms with Gasteiger partial charge in [-0.25, -0.2) is 0 Å². The fourth-order valence-electron chi connectivity index (χ4n) is 3.93. The number of rotatable bonds is 20. The lowest BCUT2D eigenvalue weighted by atomic mass is 9.99. The van der Waals surface area contributed by atoms with E-state index in [0.717, 1.165) is 38.5 Å². The van der Waals surface area contributed by atoms with Crippen LogP contribution in [0.5, 0.6) is 0 Å². The molecule has 0 bridgehead atoms. The molecule has 0 spiro atoms. The Morgan fingerprint density at radius 3 is 1.57 bits per heavy atom. The van der Waals surface area contributed by atoms with Crippen LogP contribution in [0.25, 0.3) is 0 Å². The molecular weight excluding hydrogens is 536 g/mol. The summed E-state index contributed by atoms with van der Waals surface area (Å²) in [6.07, 6.45) is 40.9. The molecule has 0 atom stereocenters. The number of ether oxygens (including phenoxy) is 2. The second kappa shape index (κ2) is 23.4. The molecule has 0 amide bonds. The summed E-state index contributed by atoms with van der Waals surface area (Å²) in [7, 11) is 3.55. The van der Waals surface area contributed by atoms with E-state index in [2.05, 4.69) is 166 Å². The van der Waals surface area contributed by atoms with E-state index in [0.29, 0.717) is 0 Å². The van der Waals surface area contributed by atoms with Gasteiger partial charge in [-0.1, -0.05) is 131 Å². The maximum Gasteiger partial charge on any atom is 0.0657 e. The third-order valence-electron chi connectivity index (χ3n) is 7.48. The number of hydrogen-bond acceptors (Lipinski definition) is 2. The van der Waals surface area contributed by atoms with Gasteiger partial charge in [-0.3, -0.25) is 0 Å². The minimum Gasteiger partial charge on any atom is -0.379 e. The predicted molar refractivity (Wildman–Crippen MR) is 198 cm³/mol. The first kappa shape index (κ1) is 41.1. The molecule has 0 aromatic carbocycles. The number of hydrogen-bond donors (Lipinski definition) is 0. The fraction of sp³-hybridized carbons (Fsp3) is 0.476. The standard InChI is InChI=1S/C42H64O2/c1-35(23-15-25-37(3)27-17-29-39(5)31-19-33-41(7,8)43-11)21-13-14-22-36(2)24-16-26-38(4)28-18-30-40(6)32-20-34-42(9,10)44-12/h13-15,17-18,20-23,25-30,32H,16,19,24,31,33-34H2,1-12H3/b14-13-,23-15+,27-17+,28-18+,32-20+,35-21+,36-22+,37-25+,38-26+,39-29+,40-30+. The second-order valence-electron chi connectivity index (χ2n) is 13.1. The van der Waals surface area contributed by atoms with Crippen molar-refractivity contribution in [2.75, 3.05) is 14.2 Å². The third kappa shape index (κ3) is 24.5. The fourth-order valence-corrected chi connectivity index (χ4v) is 3.93. The highest BCUT2D eigenvalue weighted by Crippen LogP contribution is 2.19. The summed E-state index contributed by atoms with van der Waals surface area (Å²) in [5.41, 5.74) is 7.61. The highest BCUT2D eigenvalue weighted by Gasteiger charge is 2.15. The molecule has 2 nitrogen and oxygen atoms in total. The molecule has 0 N–H and O–H groups in total. The van der Waals surface area contributed by atoms with E-state index in [-0.39, 0.29) is 11.2 Å². The van der Waals surface area contributed by atoms with Gasteiger partial charge in [0.25, 0.3) is 0 Å². The minimum absolute atomic E-state index is 0.0338. The summed E-state index contributed by atoms with van der Waals surface area (Å²) in [6, 6.07) is 0. The number of methoxy groups -OCH3 is 2. The van der Waals surface area contributed by atoms with Gasteiger partial charge in [-0.15, -0.1) is 0 Å². The molecule has 0 aromatic heterocycles. The molecule has 0 aliphatic heterocycles. The van der Waals surface area contributed by atoms with Crippen molar-refractivity contribution in [1.82, 2.24) is 0 Å². The van der Waals surface area contributed by atoms with Crippen LogP contribution in [0.3, 0.4) is 0 Å². The van der Waals surface area contributed by atoms with Crippen molar-refractivity contribution in [3.05, 3.63) is 131 Å². The van der Waals surface area contributed by atoms with Crippen molar-refractivity contribution >= 4 is 0 Å². The Bertz CT molecular complexity index is 1160. The van der Waals surface area contributed by atoms with Gasteiger partial charge in [0.15, 0.2) is 0 Å². The van der Waals surface area contributed by atoms with Crippen LogP contribution in [-0.4, -0.2) is 25.4 Å². The van der Waals surface area contributed by atoms with Crippen LogP contribution in [0.1, 0.15) is 108 Å². The topological polar surface area (TPSA) is 18.5 Å². The second-order valence-corrected chi connectivity index (χ2v) is 13.1. The van der Waals surface area contributed by atoms with Crippen LogP contribution in [0.2, 0.25) is 0 Å². The van der Waals surface area contributed by atoms with Crippen LogP contribution in [0.4, 0.5) is 0 Å². The lowest BCUT2D eigenvalue weighted by molar-refractivity contribution is 0.0140. The van der Waals surface area contributed by atoms with Crippen molar-refractivity contribution in [3.8, 4) is 0 Å². The van der Waals surface area contributed by atoms with E-state index in [9.17, 15) is 0 Å². The molecule has 0 aromatic rings. The zero-order valence-corrected chi connectivity index (χ0v) is 30.3. The summed E-state index contributed by atoms with van der Waals surface area (Å²) < 4.78 is 11.0. The molecule has 0 unspecified atom stereocenters. The van der Waals surface area contributed by atoms with Gasteiger partial charge in [-0.05, 0) is 108 Å². The lowest BCUT2D eigenvalue weighted by Crippen LogP contribution is -2.21. The van der Waals surface area contributed by atoms with E-state index >= 15 is 0 Å². The summed E-state index contributed by atoms with van der Waals surface area (Å²) >= 11 is 0. The van der Waals surface area contributed by atoms with Crippen molar-refractivity contribution < 1.29 is 9.47 Å². The summed E-state index contributed by atoms with van der Waals surface area (Å²) in [5, 5.41) is 0. The molecule has 244 valence electrons. The zero-order valence-electron chi connectivity index (χ0n) is 30.3. The first-order valence-corrected chi connectivity index (χ1v) is 16.2. The Morgan fingerprint density at radius 2 is 0.977 bits per heavy atom. The van der Waals surface area contributed by atoms with E-state index in [1.165, 1.54) is 33.4 Å². The first-order valence-electron chi connectivity index (χ1n) is 16.2. The van der Waals surface area contributed by atoms with Gasteiger partial charge >= 0.3 is 0 Å². The molecule has 0 fully saturated rings. The molecule has 0 rings (SSSR count). The quantitative estimate of drug-likeness (QED) is 0.129. The van der Waals surface area contributed by atoms with Crippen LogP contribution >= 0.6 is 0 Å². The Balaban J connectivity index is 4.61. The zero-order chi connectivity index (χ0) is 33.4. The summed E-state index contributed by atoms with van der Waals surface area (Å²) in [5.74, 6) is 0. The molecule has 0 aliphatic rings. The van der Waals surface area contributed by atoms with Crippen LogP contribution in [0, 0.1) is 0 Å². The van der Waals surface area contributed by atoms with Crippen LogP contribution in [0.15, 0.2) is 131 Å². The highest BCUT2D eigenvalue weighted by atomic mass is 16.5. The molecule has 0 saturated heterocycles. The molecule has 0 saturated carbocycles. The van der Waals surface area contributed by atoms with Crippen molar-refractivity contribution in [1.29, 1.82) is 0 Å². The maximum absolute atomic E-state index is 5.50. The van der Waals surface area contributed by atoms with Crippen molar-refractivity contribution in [3.63, 3.8) is 0 Å². The third-order valence-corrected chi connectivity index (χ3v) is 7.48. The predicted octanol–water partition coefficient (Wildman–Crippen LogP) is 12.6. The van der Waals surface area contributed by atoms with Gasteiger partial charge in [-0.2, -0.15) is 0 Å². The molecule has 44 heavy (non-hydrogen) atoms. The van der Waals surface area contributed by atoms with Gasteiger partial charge in [0.05, 0.1) is 11.2 Å². The molecule has 2 heteroatoms. The van der Waals surface area contributed by atoms with Crippen LogP contribution in [-0.2, 0) is 9.47 Å². The highest BCUT2D eigenvalue weighted by molar-refractivity contribution is 5.31. The Labute approximate surface area is 272 Å². The van der Waals surface area contributed by atoms with Crippen LogP contribution < -0.4 is 0 Å². The first-order chi connectivity index (χ1) is 20.7. The van der Waals surface area contributed by atoms with Gasteiger partial charge in [0, 0.05) is 14.2 Å². The molecular formula is C42H64O2. The molecule has 0 heterocycles. The summed E-state index contributed by atoms with van der Waals surface area (Å²) in [6.45, 7) is 21.4. The van der Waals surface area contributed by atoms with E-state index in [1.54, 1.807) is 14.2 Å². The monoisotopic (exact) mass is 600 g/mol. The van der Waals surface area contributed by atoms with Gasteiger partial charge in [0.2, 0.25) is 0 Å². The average molecular weight is 601 g/mol. The number of allylic oxidation sites excluding steroid dienone is 21. The van der Waals surface area contributed by atoms with E-state index in [4.69, 9.17) is 9.47 Å². The van der Waals surface area contributed by atoms with Gasteiger partial charge in [0.1, 0.15) is 0 Å². The smallest absolute Gasteiger partial charge is 0.0657 e. The average Bonchev–Trinajstić information content (AvgIpc) is 2.95. The van der Waals surface area contributed by atoms with Crippen molar-refractivity contribution in [2.45, 2.75) is 119 Å². The van der Waals surface area contributed by atoms with Crippen molar-refractivity contribution in [2.24, 2.45) is 0 Å². The van der Waals surface area contributed by atoms with E-state index in [1.807, 2.05) is 0 Å². The van der Waals surface area contributed by atoms with E-state index < -0.39 is 0 Å².